The minimum Gasteiger partial charge on any atom is -0.493 e. The zero-order valence-electron chi connectivity index (χ0n) is 17.1. The van der Waals surface area contributed by atoms with E-state index in [1.54, 1.807) is 18.2 Å². The lowest BCUT2D eigenvalue weighted by atomic mass is 10.2. The number of anilines is 1. The highest BCUT2D eigenvalue weighted by atomic mass is 35.5. The quantitative estimate of drug-likeness (QED) is 0.631. The number of benzene rings is 2. The molecule has 3 rings (SSSR count). The Morgan fingerprint density at radius 1 is 1.06 bits per heavy atom. The van der Waals surface area contributed by atoms with Gasteiger partial charge < -0.3 is 24.3 Å². The van der Waals surface area contributed by atoms with Crippen molar-refractivity contribution in [1.29, 1.82) is 0 Å². The van der Waals surface area contributed by atoms with Crippen molar-refractivity contribution in [1.82, 2.24) is 4.31 Å². The molecular weight excluding hydrogens is 448 g/mol. The molecular formula is C20H23ClN2O7S. The van der Waals surface area contributed by atoms with Crippen LogP contribution in [0.15, 0.2) is 41.3 Å². The number of amides is 1. The van der Waals surface area contributed by atoms with E-state index in [-0.39, 0.29) is 28.8 Å². The molecule has 1 fully saturated rings. The zero-order valence-corrected chi connectivity index (χ0v) is 18.7. The Labute approximate surface area is 185 Å². The van der Waals surface area contributed by atoms with Gasteiger partial charge in [0.05, 0.1) is 27.4 Å². The summed E-state index contributed by atoms with van der Waals surface area (Å²) < 4.78 is 48.5. The van der Waals surface area contributed by atoms with E-state index in [9.17, 15) is 13.2 Å². The minimum atomic E-state index is -3.86. The van der Waals surface area contributed by atoms with Crippen LogP contribution in [-0.4, -0.2) is 65.8 Å². The van der Waals surface area contributed by atoms with Crippen molar-refractivity contribution in [2.75, 3.05) is 52.4 Å². The number of ether oxygens (including phenoxy) is 4. The fourth-order valence-electron chi connectivity index (χ4n) is 2.98. The molecule has 1 amide bonds. The van der Waals surface area contributed by atoms with Crippen LogP contribution in [0.25, 0.3) is 0 Å². The van der Waals surface area contributed by atoms with E-state index in [2.05, 4.69) is 5.32 Å². The molecule has 0 unspecified atom stereocenters. The third-order valence-electron chi connectivity index (χ3n) is 4.52. The van der Waals surface area contributed by atoms with Crippen molar-refractivity contribution in [3.63, 3.8) is 0 Å². The van der Waals surface area contributed by atoms with Gasteiger partial charge in [-0.1, -0.05) is 11.6 Å². The standard InChI is InChI=1S/C20H23ClN2O7S/c1-27-16-6-4-15(12-18(16)28-2)22-20(24)13-30-17-5-3-14(21)11-19(17)31(25,26)23-7-9-29-10-8-23/h3-6,11-12H,7-10,13H2,1-2H3,(H,22,24). The summed E-state index contributed by atoms with van der Waals surface area (Å²) in [4.78, 5) is 12.3. The fraction of sp³-hybridized carbons (Fsp3) is 0.350. The van der Waals surface area contributed by atoms with Gasteiger partial charge in [-0.05, 0) is 30.3 Å². The molecule has 0 aliphatic carbocycles. The van der Waals surface area contributed by atoms with Crippen molar-refractivity contribution in [3.05, 3.63) is 41.4 Å². The second-order valence-electron chi connectivity index (χ2n) is 6.51. The third-order valence-corrected chi connectivity index (χ3v) is 6.67. The van der Waals surface area contributed by atoms with Gasteiger partial charge in [-0.3, -0.25) is 4.79 Å². The Hall–Kier alpha value is -2.53. The number of sulfonamides is 1. The van der Waals surface area contributed by atoms with Crippen LogP contribution in [-0.2, 0) is 19.6 Å². The summed E-state index contributed by atoms with van der Waals surface area (Å²) in [6, 6.07) is 9.15. The number of methoxy groups -OCH3 is 2. The summed E-state index contributed by atoms with van der Waals surface area (Å²) in [5.41, 5.74) is 0.475. The van der Waals surface area contributed by atoms with Crippen molar-refractivity contribution in [2.24, 2.45) is 0 Å². The predicted octanol–water partition coefficient (Wildman–Crippen LogP) is 2.40. The SMILES string of the molecule is COc1ccc(NC(=O)COc2ccc(Cl)cc2S(=O)(=O)N2CCOCC2)cc1OC. The summed E-state index contributed by atoms with van der Waals surface area (Å²) in [5.74, 6) is 0.545. The zero-order chi connectivity index (χ0) is 22.4. The highest BCUT2D eigenvalue weighted by molar-refractivity contribution is 7.89. The largest absolute Gasteiger partial charge is 0.493 e. The summed E-state index contributed by atoms with van der Waals surface area (Å²) in [6.45, 7) is 0.678. The van der Waals surface area contributed by atoms with E-state index in [4.69, 9.17) is 30.5 Å². The van der Waals surface area contributed by atoms with Crippen LogP contribution >= 0.6 is 11.6 Å². The van der Waals surface area contributed by atoms with Gasteiger partial charge >= 0.3 is 0 Å². The molecule has 1 saturated heterocycles. The van der Waals surface area contributed by atoms with Gasteiger partial charge in [-0.2, -0.15) is 4.31 Å². The number of morpholine rings is 1. The van der Waals surface area contributed by atoms with Crippen LogP contribution in [0.5, 0.6) is 17.2 Å². The maximum absolute atomic E-state index is 13.0. The summed E-state index contributed by atoms with van der Waals surface area (Å²) >= 11 is 6.02. The summed E-state index contributed by atoms with van der Waals surface area (Å²) in [5, 5.41) is 2.91. The van der Waals surface area contributed by atoms with Crippen molar-refractivity contribution < 1.29 is 32.2 Å². The fourth-order valence-corrected chi connectivity index (χ4v) is 4.78. The molecule has 2 aromatic rings. The number of rotatable bonds is 8. The van der Waals surface area contributed by atoms with Gasteiger partial charge in [0, 0.05) is 29.9 Å². The molecule has 0 saturated carbocycles. The highest BCUT2D eigenvalue weighted by Gasteiger charge is 2.29. The van der Waals surface area contributed by atoms with Crippen molar-refractivity contribution in [2.45, 2.75) is 4.90 Å². The van der Waals surface area contributed by atoms with Crippen LogP contribution in [0.2, 0.25) is 5.02 Å². The summed E-state index contributed by atoms with van der Waals surface area (Å²) in [6.07, 6.45) is 0. The maximum atomic E-state index is 13.0. The average molecular weight is 471 g/mol. The first-order chi connectivity index (χ1) is 14.8. The molecule has 11 heteroatoms. The Morgan fingerprint density at radius 2 is 1.74 bits per heavy atom. The van der Waals surface area contributed by atoms with Crippen LogP contribution in [0.3, 0.4) is 0 Å². The molecule has 0 bridgehead atoms. The highest BCUT2D eigenvalue weighted by Crippen LogP contribution is 2.31. The van der Waals surface area contributed by atoms with Crippen LogP contribution in [0.1, 0.15) is 0 Å². The molecule has 2 aromatic carbocycles. The van der Waals surface area contributed by atoms with Gasteiger partial charge in [0.15, 0.2) is 18.1 Å². The third kappa shape index (κ3) is 5.59. The van der Waals surface area contributed by atoms with Gasteiger partial charge in [0.25, 0.3) is 5.91 Å². The van der Waals surface area contributed by atoms with Crippen LogP contribution in [0, 0.1) is 0 Å². The molecule has 168 valence electrons. The first kappa shape index (κ1) is 23.1. The van der Waals surface area contributed by atoms with E-state index >= 15 is 0 Å². The smallest absolute Gasteiger partial charge is 0.262 e. The number of carbonyl (C=O) groups is 1. The molecule has 1 heterocycles. The van der Waals surface area contributed by atoms with Gasteiger partial charge in [-0.15, -0.1) is 0 Å². The lowest BCUT2D eigenvalue weighted by Gasteiger charge is -2.26. The van der Waals surface area contributed by atoms with E-state index < -0.39 is 22.5 Å². The Kier molecular flexibility index (Phi) is 7.60. The van der Waals surface area contributed by atoms with Crippen LogP contribution < -0.4 is 19.5 Å². The molecule has 1 N–H and O–H groups in total. The number of carbonyl (C=O) groups excluding carboxylic acids is 1. The first-order valence-corrected chi connectivity index (χ1v) is 11.2. The second kappa shape index (κ2) is 10.2. The lowest BCUT2D eigenvalue weighted by molar-refractivity contribution is -0.118. The van der Waals surface area contributed by atoms with E-state index in [1.165, 1.54) is 36.7 Å². The van der Waals surface area contributed by atoms with Gasteiger partial charge in [-0.25, -0.2) is 8.42 Å². The summed E-state index contributed by atoms with van der Waals surface area (Å²) in [7, 11) is -0.855. The Bertz CT molecular complexity index is 1040. The second-order valence-corrected chi connectivity index (χ2v) is 8.86. The molecule has 31 heavy (non-hydrogen) atoms. The minimum absolute atomic E-state index is 0.0401. The lowest BCUT2D eigenvalue weighted by Crippen LogP contribution is -2.40. The molecule has 9 nitrogen and oxygen atoms in total. The first-order valence-electron chi connectivity index (χ1n) is 9.37. The molecule has 0 radical (unpaired) electrons. The average Bonchev–Trinajstić information content (AvgIpc) is 2.78. The monoisotopic (exact) mass is 470 g/mol. The van der Waals surface area contributed by atoms with Gasteiger partial charge in [0.2, 0.25) is 10.0 Å². The molecule has 0 spiro atoms. The number of nitrogens with zero attached hydrogens (tertiary/aromatic N) is 1. The Balaban J connectivity index is 1.72. The molecule has 0 atom stereocenters. The van der Waals surface area contributed by atoms with E-state index in [0.29, 0.717) is 30.4 Å². The number of nitrogens with one attached hydrogen (secondary N) is 1. The normalized spacial score (nSPS) is 14.7. The number of halogens is 1. The van der Waals surface area contributed by atoms with Gasteiger partial charge in [0.1, 0.15) is 10.6 Å². The van der Waals surface area contributed by atoms with E-state index in [1.807, 2.05) is 0 Å². The number of hydrogen-bond acceptors (Lipinski definition) is 7. The van der Waals surface area contributed by atoms with Crippen molar-refractivity contribution in [3.8, 4) is 17.2 Å². The molecule has 1 aliphatic heterocycles. The van der Waals surface area contributed by atoms with Crippen LogP contribution in [0.4, 0.5) is 5.69 Å². The predicted molar refractivity (Wildman–Crippen MR) is 115 cm³/mol. The Morgan fingerprint density at radius 3 is 2.42 bits per heavy atom. The topological polar surface area (TPSA) is 103 Å². The number of hydrogen-bond donors (Lipinski definition) is 1. The molecule has 0 aromatic heterocycles. The van der Waals surface area contributed by atoms with E-state index in [0.717, 1.165) is 0 Å². The molecule has 1 aliphatic rings. The maximum Gasteiger partial charge on any atom is 0.262 e. The van der Waals surface area contributed by atoms with Crippen molar-refractivity contribution >= 4 is 33.2 Å².